The highest BCUT2D eigenvalue weighted by molar-refractivity contribution is 5.95. The molecule has 0 heterocycles. The van der Waals surface area contributed by atoms with Crippen LogP contribution < -0.4 is 10.2 Å². The summed E-state index contributed by atoms with van der Waals surface area (Å²) in [7, 11) is 0. The van der Waals surface area contributed by atoms with Gasteiger partial charge in [-0.05, 0) is 49.2 Å². The van der Waals surface area contributed by atoms with Crippen molar-refractivity contribution in [3.8, 4) is 0 Å². The molecule has 2 amide bonds. The smallest absolute Gasteiger partial charge is 0.254 e. The molecule has 0 saturated heterocycles. The van der Waals surface area contributed by atoms with Crippen LogP contribution >= 0.6 is 0 Å². The molecule has 0 aliphatic rings. The van der Waals surface area contributed by atoms with Crippen LogP contribution in [0.3, 0.4) is 0 Å². The lowest BCUT2D eigenvalue weighted by Crippen LogP contribution is -2.38. The molecule has 2 rings (SSSR count). The number of rotatable bonds is 5. The number of anilines is 1. The topological polar surface area (TPSA) is 49.4 Å². The van der Waals surface area contributed by atoms with E-state index in [0.717, 1.165) is 17.2 Å². The summed E-state index contributed by atoms with van der Waals surface area (Å²) in [4.78, 5) is 25.4. The van der Waals surface area contributed by atoms with Crippen molar-refractivity contribution in [2.45, 2.75) is 20.8 Å². The van der Waals surface area contributed by atoms with Crippen molar-refractivity contribution in [2.75, 3.05) is 18.0 Å². The van der Waals surface area contributed by atoms with Crippen LogP contribution in [0.25, 0.3) is 0 Å². The second-order valence-corrected chi connectivity index (χ2v) is 6.00. The number of hydrogen-bond acceptors (Lipinski definition) is 2. The molecule has 0 aliphatic carbocycles. The van der Waals surface area contributed by atoms with Gasteiger partial charge in [-0.2, -0.15) is 0 Å². The fourth-order valence-corrected chi connectivity index (χ4v) is 2.65. The average Bonchev–Trinajstić information content (AvgIpc) is 2.55. The molecular formula is C19H19F3N2O2. The molecule has 138 valence electrons. The zero-order chi connectivity index (χ0) is 19.4. The normalized spacial score (nSPS) is 10.5. The van der Waals surface area contributed by atoms with Gasteiger partial charge in [0.05, 0.1) is 5.56 Å². The number of aryl methyl sites for hydroxylation is 2. The first-order valence-electron chi connectivity index (χ1n) is 7.98. The molecule has 0 atom stereocenters. The predicted molar refractivity (Wildman–Crippen MR) is 92.6 cm³/mol. The summed E-state index contributed by atoms with van der Waals surface area (Å²) in [6.45, 7) is 5.37. The third kappa shape index (κ3) is 4.41. The minimum absolute atomic E-state index is 0.0177. The lowest BCUT2D eigenvalue weighted by molar-refractivity contribution is -0.116. The number of carbonyl (C=O) groups excluding carboxylic acids is 2. The molecule has 7 heteroatoms. The minimum atomic E-state index is -1.70. The third-order valence-electron chi connectivity index (χ3n) is 3.80. The molecule has 0 radical (unpaired) electrons. The Labute approximate surface area is 149 Å². The van der Waals surface area contributed by atoms with E-state index in [1.54, 1.807) is 0 Å². The Morgan fingerprint density at radius 3 is 2.19 bits per heavy atom. The van der Waals surface area contributed by atoms with Crippen molar-refractivity contribution in [2.24, 2.45) is 0 Å². The highest BCUT2D eigenvalue weighted by Gasteiger charge is 2.19. The van der Waals surface area contributed by atoms with Gasteiger partial charge < -0.3 is 10.2 Å². The molecule has 0 unspecified atom stereocenters. The summed E-state index contributed by atoms with van der Waals surface area (Å²) < 4.78 is 39.8. The van der Waals surface area contributed by atoms with Crippen LogP contribution in [-0.4, -0.2) is 24.9 Å². The summed E-state index contributed by atoms with van der Waals surface area (Å²) in [5.74, 6) is -5.70. The first-order chi connectivity index (χ1) is 12.2. The molecule has 0 saturated carbocycles. The fraction of sp³-hybridized carbons (Fsp3) is 0.263. The number of carbonyl (C=O) groups is 2. The van der Waals surface area contributed by atoms with E-state index in [4.69, 9.17) is 0 Å². The Kier molecular flexibility index (Phi) is 6.02. The monoisotopic (exact) mass is 364 g/mol. The van der Waals surface area contributed by atoms with Crippen LogP contribution in [0.4, 0.5) is 18.9 Å². The molecule has 0 aromatic heterocycles. The van der Waals surface area contributed by atoms with Gasteiger partial charge in [0, 0.05) is 25.7 Å². The summed E-state index contributed by atoms with van der Waals surface area (Å²) in [6.07, 6.45) is 0. The molecule has 26 heavy (non-hydrogen) atoms. The number of benzene rings is 2. The number of nitrogens with one attached hydrogen (secondary N) is 1. The van der Waals surface area contributed by atoms with E-state index in [1.807, 2.05) is 32.0 Å². The van der Waals surface area contributed by atoms with Crippen LogP contribution in [0.2, 0.25) is 0 Å². The van der Waals surface area contributed by atoms with Gasteiger partial charge in [0.25, 0.3) is 5.91 Å². The molecule has 0 bridgehead atoms. The van der Waals surface area contributed by atoms with Crippen molar-refractivity contribution in [1.82, 2.24) is 5.32 Å². The van der Waals surface area contributed by atoms with Crippen LogP contribution in [0.15, 0.2) is 30.3 Å². The SMILES string of the molecule is CC(=O)N(CCNC(=O)c1ccc(F)c(F)c1F)c1cc(C)cc(C)c1. The van der Waals surface area contributed by atoms with E-state index in [9.17, 15) is 22.8 Å². The summed E-state index contributed by atoms with van der Waals surface area (Å²) in [5.41, 5.74) is 2.06. The maximum atomic E-state index is 13.6. The lowest BCUT2D eigenvalue weighted by atomic mass is 10.1. The van der Waals surface area contributed by atoms with Crippen molar-refractivity contribution in [3.05, 3.63) is 64.5 Å². The highest BCUT2D eigenvalue weighted by Crippen LogP contribution is 2.19. The van der Waals surface area contributed by atoms with E-state index in [0.29, 0.717) is 11.8 Å². The third-order valence-corrected chi connectivity index (χ3v) is 3.80. The largest absolute Gasteiger partial charge is 0.350 e. The van der Waals surface area contributed by atoms with Crippen LogP contribution in [0.5, 0.6) is 0 Å². The summed E-state index contributed by atoms with van der Waals surface area (Å²) in [5, 5.41) is 2.41. The van der Waals surface area contributed by atoms with Gasteiger partial charge in [0.1, 0.15) is 0 Å². The Hall–Kier alpha value is -2.83. The molecular weight excluding hydrogens is 345 g/mol. The van der Waals surface area contributed by atoms with Crippen molar-refractivity contribution >= 4 is 17.5 Å². The quantitative estimate of drug-likeness (QED) is 0.826. The summed E-state index contributed by atoms with van der Waals surface area (Å²) in [6, 6.07) is 7.20. The molecule has 2 aromatic rings. The number of hydrogen-bond donors (Lipinski definition) is 1. The van der Waals surface area contributed by atoms with Gasteiger partial charge in [-0.15, -0.1) is 0 Å². The summed E-state index contributed by atoms with van der Waals surface area (Å²) >= 11 is 0. The first kappa shape index (κ1) is 19.5. The molecule has 2 aromatic carbocycles. The highest BCUT2D eigenvalue weighted by atomic mass is 19.2. The van der Waals surface area contributed by atoms with Crippen molar-refractivity contribution in [1.29, 1.82) is 0 Å². The van der Waals surface area contributed by atoms with E-state index in [1.165, 1.54) is 11.8 Å². The maximum absolute atomic E-state index is 13.6. The van der Waals surface area contributed by atoms with Crippen LogP contribution in [-0.2, 0) is 4.79 Å². The Morgan fingerprint density at radius 2 is 1.62 bits per heavy atom. The fourth-order valence-electron chi connectivity index (χ4n) is 2.65. The molecule has 0 spiro atoms. The van der Waals surface area contributed by atoms with E-state index in [2.05, 4.69) is 5.32 Å². The Morgan fingerprint density at radius 1 is 1.00 bits per heavy atom. The van der Waals surface area contributed by atoms with Crippen molar-refractivity contribution in [3.63, 3.8) is 0 Å². The lowest BCUT2D eigenvalue weighted by Gasteiger charge is -2.22. The Bertz CT molecular complexity index is 833. The van der Waals surface area contributed by atoms with Crippen LogP contribution in [0.1, 0.15) is 28.4 Å². The number of nitrogens with zero attached hydrogens (tertiary/aromatic N) is 1. The molecule has 4 nitrogen and oxygen atoms in total. The maximum Gasteiger partial charge on any atom is 0.254 e. The van der Waals surface area contributed by atoms with Gasteiger partial charge in [-0.1, -0.05) is 6.07 Å². The van der Waals surface area contributed by atoms with E-state index < -0.39 is 28.9 Å². The van der Waals surface area contributed by atoms with E-state index in [-0.39, 0.29) is 19.0 Å². The zero-order valence-corrected chi connectivity index (χ0v) is 14.7. The van der Waals surface area contributed by atoms with Gasteiger partial charge in [-0.25, -0.2) is 13.2 Å². The number of amides is 2. The molecule has 1 N–H and O–H groups in total. The second kappa shape index (κ2) is 8.03. The van der Waals surface area contributed by atoms with Crippen molar-refractivity contribution < 1.29 is 22.8 Å². The number of halogens is 3. The molecule has 0 aliphatic heterocycles. The zero-order valence-electron chi connectivity index (χ0n) is 14.7. The predicted octanol–water partition coefficient (Wildman–Crippen LogP) is 3.50. The van der Waals surface area contributed by atoms with Gasteiger partial charge in [0.15, 0.2) is 17.5 Å². The average molecular weight is 364 g/mol. The van der Waals surface area contributed by atoms with Gasteiger partial charge in [-0.3, -0.25) is 9.59 Å². The molecule has 0 fully saturated rings. The van der Waals surface area contributed by atoms with Gasteiger partial charge in [0.2, 0.25) is 5.91 Å². The van der Waals surface area contributed by atoms with Gasteiger partial charge >= 0.3 is 0 Å². The minimum Gasteiger partial charge on any atom is -0.350 e. The Balaban J connectivity index is 2.07. The van der Waals surface area contributed by atoms with Crippen LogP contribution in [0, 0.1) is 31.3 Å². The second-order valence-electron chi connectivity index (χ2n) is 6.00. The standard InChI is InChI=1S/C19H19F3N2O2/c1-11-8-12(2)10-14(9-11)24(13(3)25)7-6-23-19(26)15-4-5-16(20)18(22)17(15)21/h4-5,8-10H,6-7H2,1-3H3,(H,23,26). The van der Waals surface area contributed by atoms with E-state index >= 15 is 0 Å². The first-order valence-corrected chi connectivity index (χ1v) is 7.98.